The van der Waals surface area contributed by atoms with Crippen molar-refractivity contribution in [2.24, 2.45) is 5.73 Å². The monoisotopic (exact) mass is 496 g/mol. The molecule has 13 heteroatoms. The molecule has 8 nitrogen and oxygen atoms in total. The lowest BCUT2D eigenvalue weighted by atomic mass is 9.94. The summed E-state index contributed by atoms with van der Waals surface area (Å²) in [6, 6.07) is 3.34. The maximum atomic E-state index is 13.5. The molecule has 0 spiro atoms. The van der Waals surface area contributed by atoms with Crippen LogP contribution in [0.5, 0.6) is 0 Å². The second-order valence-electron chi connectivity index (χ2n) is 8.70. The molecular weight excluding hydrogens is 471 g/mol. The minimum atomic E-state index is -4.54. The van der Waals surface area contributed by atoms with Gasteiger partial charge in [0.1, 0.15) is 11.6 Å². The fourth-order valence-electron chi connectivity index (χ4n) is 4.17. The summed E-state index contributed by atoms with van der Waals surface area (Å²) in [5.41, 5.74) is 5.95. The Hall–Kier alpha value is -3.35. The Bertz CT molecular complexity index is 1100. The van der Waals surface area contributed by atoms with Gasteiger partial charge in [0, 0.05) is 37.5 Å². The molecule has 0 radical (unpaired) electrons. The molecule has 2 aliphatic rings. The molecule has 2 aromatic rings. The number of aromatic nitrogens is 3. The van der Waals surface area contributed by atoms with E-state index in [2.05, 4.69) is 25.2 Å². The van der Waals surface area contributed by atoms with Gasteiger partial charge < -0.3 is 21.4 Å². The average Bonchev–Trinajstić information content (AvgIpc) is 2.80. The molecule has 1 atom stereocenters. The molecule has 1 unspecified atom stereocenters. The third-order valence-corrected chi connectivity index (χ3v) is 5.93. The van der Waals surface area contributed by atoms with Crippen LogP contribution in [0.15, 0.2) is 36.2 Å². The van der Waals surface area contributed by atoms with E-state index >= 15 is 0 Å². The molecule has 4 N–H and O–H groups in total. The number of alkyl halides is 5. The maximum absolute atomic E-state index is 13.5. The summed E-state index contributed by atoms with van der Waals surface area (Å²) in [7, 11) is 0. The molecule has 0 aromatic carbocycles. The van der Waals surface area contributed by atoms with Gasteiger partial charge in [-0.05, 0) is 43.3 Å². The van der Waals surface area contributed by atoms with Gasteiger partial charge in [-0.25, -0.2) is 18.7 Å². The molecule has 4 rings (SSSR count). The van der Waals surface area contributed by atoms with Crippen LogP contribution >= 0.6 is 0 Å². The van der Waals surface area contributed by atoms with Gasteiger partial charge in [0.2, 0.25) is 5.95 Å². The van der Waals surface area contributed by atoms with E-state index in [1.807, 2.05) is 0 Å². The standard InChI is InChI=1S/C22H25F5N8/c23-21(24)12-35(13-21)20-31-17(15-2-1-5-34(11-15)10-14(8-28)9-29)7-19(33-20)32-18-6-16(3-4-30-18)22(25,26)27/h3-4,6-9,15,28H,1-2,5,10-13,29H2,(H,30,31,32,33)/b14-9+,28-8?. The first kappa shape index (κ1) is 24.8. The van der Waals surface area contributed by atoms with Crippen LogP contribution in [0.4, 0.5) is 39.5 Å². The van der Waals surface area contributed by atoms with Crippen LogP contribution in [0.1, 0.15) is 30.0 Å². The van der Waals surface area contributed by atoms with Gasteiger partial charge in [0.05, 0.1) is 24.3 Å². The molecule has 0 bridgehead atoms. The lowest BCUT2D eigenvalue weighted by molar-refractivity contribution is -0.137. The number of likely N-dealkylation sites (tertiary alicyclic amines) is 1. The minimum absolute atomic E-state index is 0.0629. The number of halogens is 5. The molecule has 0 amide bonds. The summed E-state index contributed by atoms with van der Waals surface area (Å²) in [5, 5.41) is 10.2. The normalized spacial score (nSPS) is 20.9. The van der Waals surface area contributed by atoms with Crippen molar-refractivity contribution in [3.05, 3.63) is 47.4 Å². The van der Waals surface area contributed by atoms with E-state index in [0.717, 1.165) is 37.7 Å². The highest BCUT2D eigenvalue weighted by Crippen LogP contribution is 2.34. The zero-order chi connectivity index (χ0) is 25.2. The van der Waals surface area contributed by atoms with Gasteiger partial charge in [0.25, 0.3) is 5.92 Å². The first-order valence-corrected chi connectivity index (χ1v) is 11.0. The molecule has 35 heavy (non-hydrogen) atoms. The first-order chi connectivity index (χ1) is 16.6. The van der Waals surface area contributed by atoms with Crippen LogP contribution in [0.3, 0.4) is 0 Å². The molecule has 0 saturated carbocycles. The molecule has 4 heterocycles. The second kappa shape index (κ2) is 9.72. The third kappa shape index (κ3) is 6.02. The predicted molar refractivity (Wildman–Crippen MR) is 121 cm³/mol. The van der Waals surface area contributed by atoms with Crippen LogP contribution in [-0.4, -0.2) is 64.7 Å². The Balaban J connectivity index is 1.61. The van der Waals surface area contributed by atoms with Crippen LogP contribution in [0.2, 0.25) is 0 Å². The number of pyridine rings is 1. The van der Waals surface area contributed by atoms with E-state index in [4.69, 9.17) is 11.1 Å². The van der Waals surface area contributed by atoms with E-state index in [0.29, 0.717) is 24.4 Å². The number of hydrogen-bond donors (Lipinski definition) is 3. The van der Waals surface area contributed by atoms with Crippen molar-refractivity contribution in [2.45, 2.75) is 30.9 Å². The lowest BCUT2D eigenvalue weighted by Gasteiger charge is -2.39. The topological polar surface area (TPSA) is 107 Å². The number of nitrogens with one attached hydrogen (secondary N) is 2. The van der Waals surface area contributed by atoms with Crippen molar-refractivity contribution >= 4 is 23.8 Å². The Kier molecular flexibility index (Phi) is 6.88. The van der Waals surface area contributed by atoms with Gasteiger partial charge in [-0.2, -0.15) is 18.2 Å². The van der Waals surface area contributed by atoms with Gasteiger partial charge in [-0.1, -0.05) is 0 Å². The summed E-state index contributed by atoms with van der Waals surface area (Å²) < 4.78 is 66.3. The number of piperidine rings is 1. The fraction of sp³-hybridized carbons (Fsp3) is 0.455. The predicted octanol–water partition coefficient (Wildman–Crippen LogP) is 3.76. The highest BCUT2D eigenvalue weighted by atomic mass is 19.4. The van der Waals surface area contributed by atoms with Crippen molar-refractivity contribution in [3.8, 4) is 0 Å². The summed E-state index contributed by atoms with van der Waals surface area (Å²) in [4.78, 5) is 16.2. The fourth-order valence-corrected chi connectivity index (χ4v) is 4.17. The number of nitrogens with zero attached hydrogens (tertiary/aromatic N) is 5. The molecular formula is C22H25F5N8. The highest BCUT2D eigenvalue weighted by molar-refractivity contribution is 5.75. The zero-order valence-corrected chi connectivity index (χ0v) is 18.7. The Morgan fingerprint density at radius 1 is 1.23 bits per heavy atom. The quantitative estimate of drug-likeness (QED) is 0.396. The first-order valence-electron chi connectivity index (χ1n) is 11.0. The van der Waals surface area contributed by atoms with Gasteiger partial charge in [-0.3, -0.25) is 4.90 Å². The molecule has 0 aliphatic carbocycles. The van der Waals surface area contributed by atoms with Gasteiger partial charge in [0.15, 0.2) is 0 Å². The molecule has 2 saturated heterocycles. The van der Waals surface area contributed by atoms with Gasteiger partial charge >= 0.3 is 6.18 Å². The molecule has 2 aromatic heterocycles. The molecule has 188 valence electrons. The number of rotatable bonds is 7. The smallest absolute Gasteiger partial charge is 0.404 e. The molecule has 2 aliphatic heterocycles. The number of hydrogen-bond acceptors (Lipinski definition) is 8. The van der Waals surface area contributed by atoms with E-state index in [-0.39, 0.29) is 23.5 Å². The minimum Gasteiger partial charge on any atom is -0.404 e. The summed E-state index contributed by atoms with van der Waals surface area (Å²) in [5.74, 6) is -2.71. The van der Waals surface area contributed by atoms with E-state index in [9.17, 15) is 22.0 Å². The Morgan fingerprint density at radius 2 is 2.00 bits per heavy atom. The van der Waals surface area contributed by atoms with Crippen LogP contribution < -0.4 is 16.0 Å². The van der Waals surface area contributed by atoms with Crippen molar-refractivity contribution in [3.63, 3.8) is 0 Å². The largest absolute Gasteiger partial charge is 0.416 e. The third-order valence-electron chi connectivity index (χ3n) is 5.93. The van der Waals surface area contributed by atoms with E-state index in [1.165, 1.54) is 17.3 Å². The van der Waals surface area contributed by atoms with Crippen LogP contribution in [-0.2, 0) is 6.18 Å². The summed E-state index contributed by atoms with van der Waals surface area (Å²) in [6.07, 6.45) is 0.711. The lowest BCUT2D eigenvalue weighted by Crippen LogP contribution is -2.57. The average molecular weight is 496 g/mol. The van der Waals surface area contributed by atoms with Crippen molar-refractivity contribution in [1.29, 1.82) is 5.41 Å². The second-order valence-corrected chi connectivity index (χ2v) is 8.70. The Labute approximate surface area is 198 Å². The van der Waals surface area contributed by atoms with Crippen molar-refractivity contribution < 1.29 is 22.0 Å². The van der Waals surface area contributed by atoms with E-state index < -0.39 is 30.8 Å². The summed E-state index contributed by atoms with van der Waals surface area (Å²) >= 11 is 0. The highest BCUT2D eigenvalue weighted by Gasteiger charge is 2.45. The number of anilines is 3. The Morgan fingerprint density at radius 3 is 2.66 bits per heavy atom. The zero-order valence-electron chi connectivity index (χ0n) is 18.7. The number of nitrogens with two attached hydrogens (primary N) is 1. The van der Waals surface area contributed by atoms with Crippen LogP contribution in [0.25, 0.3) is 0 Å². The van der Waals surface area contributed by atoms with Crippen molar-refractivity contribution in [1.82, 2.24) is 19.9 Å². The maximum Gasteiger partial charge on any atom is 0.416 e. The SMILES string of the molecule is N=C/C(=C\N)CN1CCCC(c2cc(Nc3cc(C(F)(F)F)ccn3)nc(N3CC(F)(F)C3)n2)C1. The van der Waals surface area contributed by atoms with Crippen molar-refractivity contribution in [2.75, 3.05) is 42.9 Å². The van der Waals surface area contributed by atoms with Crippen LogP contribution in [0, 0.1) is 5.41 Å². The van der Waals surface area contributed by atoms with E-state index in [1.54, 1.807) is 6.07 Å². The molecule has 2 fully saturated rings. The van der Waals surface area contributed by atoms with Gasteiger partial charge in [-0.15, -0.1) is 0 Å². The summed E-state index contributed by atoms with van der Waals surface area (Å²) in [6.45, 7) is 0.833.